The Morgan fingerprint density at radius 1 is 1.14 bits per heavy atom. The fraction of sp³-hybridized carbons (Fsp3) is 0.150. The van der Waals surface area contributed by atoms with E-state index in [2.05, 4.69) is 14.8 Å². The maximum Gasteiger partial charge on any atom is 0.266 e. The lowest BCUT2D eigenvalue weighted by atomic mass is 10.2. The number of amides is 1. The van der Waals surface area contributed by atoms with Gasteiger partial charge < -0.3 is 4.57 Å². The second kappa shape index (κ2) is 6.85. The summed E-state index contributed by atoms with van der Waals surface area (Å²) in [5.41, 5.74) is 2.81. The quantitative estimate of drug-likeness (QED) is 0.558. The second-order valence-electron chi connectivity index (χ2n) is 6.76. The van der Waals surface area contributed by atoms with Crippen molar-refractivity contribution in [1.82, 2.24) is 24.1 Å². The molecule has 1 amide bonds. The Labute approximate surface area is 167 Å². The summed E-state index contributed by atoms with van der Waals surface area (Å²) in [7, 11) is -2.30. The molecule has 0 fully saturated rings. The van der Waals surface area contributed by atoms with Crippen LogP contribution in [0.25, 0.3) is 16.6 Å². The number of pyridine rings is 1. The zero-order chi connectivity index (χ0) is 20.8. The molecular formula is C20H19N5O3S. The standard InChI is InChI=1S/C20H19N5O3S/c1-13-10-17(14(2)25(13)16-11-22-24(3)12-16)20(26)23-29(27,28)18-8-4-6-15-7-5-9-21-19(15)18/h4-12H,1-3H3,(H,23,26). The minimum atomic E-state index is -4.10. The van der Waals surface area contributed by atoms with Gasteiger partial charge in [-0.1, -0.05) is 18.2 Å². The van der Waals surface area contributed by atoms with E-state index in [1.807, 2.05) is 17.7 Å². The van der Waals surface area contributed by atoms with Gasteiger partial charge in [0, 0.05) is 36.2 Å². The van der Waals surface area contributed by atoms with Gasteiger partial charge in [0.2, 0.25) is 0 Å². The van der Waals surface area contributed by atoms with Crippen molar-refractivity contribution in [2.75, 3.05) is 0 Å². The molecule has 0 aliphatic heterocycles. The lowest BCUT2D eigenvalue weighted by Gasteiger charge is -2.10. The zero-order valence-electron chi connectivity index (χ0n) is 16.1. The van der Waals surface area contributed by atoms with E-state index in [-0.39, 0.29) is 10.5 Å². The van der Waals surface area contributed by atoms with Gasteiger partial charge in [-0.3, -0.25) is 14.5 Å². The van der Waals surface area contributed by atoms with Crippen LogP contribution in [0.5, 0.6) is 0 Å². The molecule has 1 N–H and O–H groups in total. The van der Waals surface area contributed by atoms with Crippen molar-refractivity contribution in [2.45, 2.75) is 18.7 Å². The van der Waals surface area contributed by atoms with Crippen molar-refractivity contribution < 1.29 is 13.2 Å². The molecule has 0 aliphatic carbocycles. The third-order valence-electron chi connectivity index (χ3n) is 4.74. The number of nitrogens with one attached hydrogen (secondary N) is 1. The number of aryl methyl sites for hydroxylation is 2. The first-order valence-corrected chi connectivity index (χ1v) is 10.3. The maximum atomic E-state index is 12.9. The third kappa shape index (κ3) is 3.29. The molecule has 0 radical (unpaired) electrons. The molecule has 4 aromatic rings. The Bertz CT molecular complexity index is 1350. The Morgan fingerprint density at radius 3 is 2.62 bits per heavy atom. The van der Waals surface area contributed by atoms with Gasteiger partial charge in [0.05, 0.1) is 23.0 Å². The number of nitrogens with zero attached hydrogens (tertiary/aromatic N) is 4. The molecule has 0 atom stereocenters. The van der Waals surface area contributed by atoms with Crippen LogP contribution in [-0.4, -0.2) is 33.7 Å². The Hall–Kier alpha value is -3.46. The van der Waals surface area contributed by atoms with Crippen LogP contribution in [0.2, 0.25) is 0 Å². The highest BCUT2D eigenvalue weighted by Gasteiger charge is 2.24. The van der Waals surface area contributed by atoms with E-state index in [4.69, 9.17) is 0 Å². The average molecular weight is 409 g/mol. The molecule has 4 rings (SSSR count). The average Bonchev–Trinajstić information content (AvgIpc) is 3.23. The van der Waals surface area contributed by atoms with Crippen LogP contribution >= 0.6 is 0 Å². The highest BCUT2D eigenvalue weighted by molar-refractivity contribution is 7.90. The predicted molar refractivity (Wildman–Crippen MR) is 108 cm³/mol. The number of fused-ring (bicyclic) bond motifs is 1. The van der Waals surface area contributed by atoms with E-state index < -0.39 is 15.9 Å². The molecule has 9 heteroatoms. The molecule has 1 aromatic carbocycles. The number of hydrogen-bond acceptors (Lipinski definition) is 5. The van der Waals surface area contributed by atoms with Gasteiger partial charge in [-0.25, -0.2) is 13.1 Å². The molecule has 0 saturated carbocycles. The van der Waals surface area contributed by atoms with Crippen LogP contribution in [0.4, 0.5) is 0 Å². The van der Waals surface area contributed by atoms with E-state index in [0.29, 0.717) is 16.6 Å². The van der Waals surface area contributed by atoms with E-state index in [9.17, 15) is 13.2 Å². The highest BCUT2D eigenvalue weighted by Crippen LogP contribution is 2.23. The largest absolute Gasteiger partial charge is 0.315 e. The number of para-hydroxylation sites is 1. The molecule has 0 spiro atoms. The molecule has 0 unspecified atom stereocenters. The smallest absolute Gasteiger partial charge is 0.266 e. The fourth-order valence-corrected chi connectivity index (χ4v) is 4.59. The topological polar surface area (TPSA) is 98.9 Å². The monoisotopic (exact) mass is 409 g/mol. The predicted octanol–water partition coefficient (Wildman–Crippen LogP) is 2.49. The van der Waals surface area contributed by atoms with Crippen molar-refractivity contribution in [3.63, 3.8) is 0 Å². The van der Waals surface area contributed by atoms with Crippen molar-refractivity contribution in [1.29, 1.82) is 0 Å². The number of sulfonamides is 1. The van der Waals surface area contributed by atoms with Crippen LogP contribution in [0.1, 0.15) is 21.7 Å². The minimum absolute atomic E-state index is 0.0370. The number of carbonyl (C=O) groups is 1. The van der Waals surface area contributed by atoms with Crippen LogP contribution < -0.4 is 4.72 Å². The van der Waals surface area contributed by atoms with Crippen molar-refractivity contribution in [3.05, 3.63) is 71.9 Å². The van der Waals surface area contributed by atoms with E-state index >= 15 is 0 Å². The summed E-state index contributed by atoms with van der Waals surface area (Å²) >= 11 is 0. The first-order chi connectivity index (χ1) is 13.8. The Morgan fingerprint density at radius 2 is 1.90 bits per heavy atom. The first-order valence-electron chi connectivity index (χ1n) is 8.87. The van der Waals surface area contributed by atoms with Crippen LogP contribution in [0.3, 0.4) is 0 Å². The van der Waals surface area contributed by atoms with Gasteiger partial charge in [-0.05, 0) is 32.0 Å². The zero-order valence-corrected chi connectivity index (χ0v) is 16.9. The molecular weight excluding hydrogens is 390 g/mol. The van der Waals surface area contributed by atoms with Crippen molar-refractivity contribution in [3.8, 4) is 5.69 Å². The van der Waals surface area contributed by atoms with Gasteiger partial charge in [0.25, 0.3) is 15.9 Å². The minimum Gasteiger partial charge on any atom is -0.315 e. The molecule has 148 valence electrons. The van der Waals surface area contributed by atoms with Crippen molar-refractivity contribution in [2.24, 2.45) is 7.05 Å². The van der Waals surface area contributed by atoms with Crippen molar-refractivity contribution >= 4 is 26.8 Å². The highest BCUT2D eigenvalue weighted by atomic mass is 32.2. The summed E-state index contributed by atoms with van der Waals surface area (Å²) in [6.07, 6.45) is 5.02. The summed E-state index contributed by atoms with van der Waals surface area (Å²) in [6.45, 7) is 3.61. The van der Waals surface area contributed by atoms with Gasteiger partial charge in [-0.2, -0.15) is 5.10 Å². The van der Waals surface area contributed by atoms with E-state index in [0.717, 1.165) is 11.4 Å². The number of benzene rings is 1. The summed E-state index contributed by atoms with van der Waals surface area (Å²) in [6, 6.07) is 9.98. The first kappa shape index (κ1) is 18.9. The maximum absolute atomic E-state index is 12.9. The normalized spacial score (nSPS) is 11.7. The summed E-state index contributed by atoms with van der Waals surface area (Å²) in [4.78, 5) is 17.0. The van der Waals surface area contributed by atoms with E-state index in [1.54, 1.807) is 55.2 Å². The summed E-state index contributed by atoms with van der Waals surface area (Å²) in [5, 5.41) is 4.83. The lowest BCUT2D eigenvalue weighted by Crippen LogP contribution is -2.31. The van der Waals surface area contributed by atoms with Gasteiger partial charge in [-0.15, -0.1) is 0 Å². The molecule has 8 nitrogen and oxygen atoms in total. The number of hydrogen-bond donors (Lipinski definition) is 1. The second-order valence-corrected chi connectivity index (χ2v) is 8.41. The van der Waals surface area contributed by atoms with Crippen LogP contribution in [-0.2, 0) is 17.1 Å². The van der Waals surface area contributed by atoms with Gasteiger partial charge in [0.1, 0.15) is 4.90 Å². The number of carbonyl (C=O) groups excluding carboxylic acids is 1. The molecule has 0 bridgehead atoms. The SMILES string of the molecule is Cc1cc(C(=O)NS(=O)(=O)c2cccc3cccnc23)c(C)n1-c1cnn(C)c1. The summed E-state index contributed by atoms with van der Waals surface area (Å²) in [5.74, 6) is -0.693. The number of aromatic nitrogens is 4. The van der Waals surface area contributed by atoms with Crippen LogP contribution in [0, 0.1) is 13.8 Å². The van der Waals surface area contributed by atoms with E-state index in [1.165, 1.54) is 12.3 Å². The fourth-order valence-electron chi connectivity index (χ4n) is 3.44. The Balaban J connectivity index is 1.71. The van der Waals surface area contributed by atoms with Crippen LogP contribution in [0.15, 0.2) is 59.9 Å². The van der Waals surface area contributed by atoms with Gasteiger partial charge >= 0.3 is 0 Å². The molecule has 29 heavy (non-hydrogen) atoms. The van der Waals surface area contributed by atoms with Gasteiger partial charge in [0.15, 0.2) is 0 Å². The third-order valence-corrected chi connectivity index (χ3v) is 6.10. The summed E-state index contributed by atoms with van der Waals surface area (Å²) < 4.78 is 31.5. The molecule has 3 aromatic heterocycles. The molecule has 0 aliphatic rings. The Kier molecular flexibility index (Phi) is 4.46. The molecule has 3 heterocycles. The molecule has 0 saturated heterocycles. The lowest BCUT2D eigenvalue weighted by molar-refractivity contribution is 0.0981. The number of rotatable bonds is 4.